The molecule has 0 bridgehead atoms. The highest BCUT2D eigenvalue weighted by atomic mass is 16.4. The number of carbonyl (C=O) groups excluding carboxylic acids is 1. The molecule has 1 aliphatic heterocycles. The monoisotopic (exact) mass is 256 g/mol. The molecule has 1 amide bonds. The van der Waals surface area contributed by atoms with E-state index in [0.29, 0.717) is 13.1 Å². The molecule has 0 N–H and O–H groups in total. The number of pyridine rings is 1. The molecule has 5 nitrogen and oxygen atoms in total. The highest BCUT2D eigenvalue weighted by Gasteiger charge is 2.26. The molecule has 0 spiro atoms. The molecule has 0 fully saturated rings. The topological polar surface area (TPSA) is 63.4 Å². The largest absolute Gasteiger partial charge is 0.417 e. The maximum Gasteiger partial charge on any atom is 0.336 e. The van der Waals surface area contributed by atoms with Crippen LogP contribution in [0.2, 0.25) is 0 Å². The van der Waals surface area contributed by atoms with Crippen LogP contribution in [-0.4, -0.2) is 15.8 Å². The molecule has 0 saturated heterocycles. The van der Waals surface area contributed by atoms with Gasteiger partial charge in [-0.15, -0.1) is 0 Å². The van der Waals surface area contributed by atoms with E-state index in [-0.39, 0.29) is 11.7 Å². The van der Waals surface area contributed by atoms with Gasteiger partial charge in [-0.05, 0) is 24.1 Å². The van der Waals surface area contributed by atoms with E-state index in [1.165, 1.54) is 18.2 Å². The molecule has 0 atom stereocenters. The van der Waals surface area contributed by atoms with Crippen molar-refractivity contribution >= 4 is 5.91 Å². The first-order valence-electron chi connectivity index (χ1n) is 5.97. The summed E-state index contributed by atoms with van der Waals surface area (Å²) in [6.45, 7) is 2.92. The van der Waals surface area contributed by atoms with Crippen LogP contribution in [0.1, 0.15) is 27.4 Å². The second kappa shape index (κ2) is 4.35. The Morgan fingerprint density at radius 1 is 1.37 bits per heavy atom. The minimum absolute atomic E-state index is 0.0667. The first kappa shape index (κ1) is 11.6. The van der Waals surface area contributed by atoms with Gasteiger partial charge < -0.3 is 9.32 Å². The fraction of sp³-hybridized carbons (Fsp3) is 0.214. The fourth-order valence-electron chi connectivity index (χ4n) is 2.18. The SMILES string of the molecule is Cc1cnc2c(c1)CN(C(=O)c1cccc(=O)o1)C2. The average molecular weight is 256 g/mol. The molecular formula is C14H12N2O3. The Kier molecular flexibility index (Phi) is 2.67. The molecular weight excluding hydrogens is 244 g/mol. The number of hydrogen-bond acceptors (Lipinski definition) is 4. The van der Waals surface area contributed by atoms with Crippen molar-refractivity contribution in [3.63, 3.8) is 0 Å². The van der Waals surface area contributed by atoms with Crippen LogP contribution in [0, 0.1) is 6.92 Å². The van der Waals surface area contributed by atoms with Crippen molar-refractivity contribution in [2.24, 2.45) is 0 Å². The number of aromatic nitrogens is 1. The van der Waals surface area contributed by atoms with Gasteiger partial charge in [0.15, 0.2) is 5.76 Å². The molecule has 2 aromatic rings. The van der Waals surface area contributed by atoms with Crippen LogP contribution in [0.15, 0.2) is 39.7 Å². The van der Waals surface area contributed by atoms with Crippen LogP contribution < -0.4 is 5.63 Å². The van der Waals surface area contributed by atoms with Gasteiger partial charge in [0.2, 0.25) is 0 Å². The van der Waals surface area contributed by atoms with Crippen molar-refractivity contribution in [1.82, 2.24) is 9.88 Å². The van der Waals surface area contributed by atoms with E-state index in [2.05, 4.69) is 4.98 Å². The van der Waals surface area contributed by atoms with Crippen molar-refractivity contribution in [1.29, 1.82) is 0 Å². The van der Waals surface area contributed by atoms with Gasteiger partial charge in [0.25, 0.3) is 5.91 Å². The normalized spacial score (nSPS) is 13.4. The van der Waals surface area contributed by atoms with Gasteiger partial charge in [0.1, 0.15) is 0 Å². The third kappa shape index (κ3) is 2.14. The van der Waals surface area contributed by atoms with E-state index in [9.17, 15) is 9.59 Å². The smallest absolute Gasteiger partial charge is 0.336 e. The summed E-state index contributed by atoms with van der Waals surface area (Å²) in [5, 5.41) is 0. The standard InChI is InChI=1S/C14H12N2O3/c1-9-5-10-7-16(8-11(10)15-6-9)14(18)12-3-2-4-13(17)19-12/h2-6H,7-8H2,1H3. The summed E-state index contributed by atoms with van der Waals surface area (Å²) in [6, 6.07) is 6.33. The van der Waals surface area contributed by atoms with Gasteiger partial charge in [-0.25, -0.2) is 4.79 Å². The lowest BCUT2D eigenvalue weighted by Crippen LogP contribution is -2.26. The van der Waals surface area contributed by atoms with Crippen LogP contribution >= 0.6 is 0 Å². The van der Waals surface area contributed by atoms with Crippen LogP contribution in [0.25, 0.3) is 0 Å². The Hall–Kier alpha value is -2.43. The third-order valence-corrected chi connectivity index (χ3v) is 3.09. The second-order valence-electron chi connectivity index (χ2n) is 4.59. The summed E-state index contributed by atoms with van der Waals surface area (Å²) in [5.41, 5.74) is 2.50. The Morgan fingerprint density at radius 3 is 3.00 bits per heavy atom. The minimum Gasteiger partial charge on any atom is -0.417 e. The number of fused-ring (bicyclic) bond motifs is 1. The van der Waals surface area contributed by atoms with E-state index >= 15 is 0 Å². The third-order valence-electron chi connectivity index (χ3n) is 3.09. The zero-order chi connectivity index (χ0) is 13.4. The minimum atomic E-state index is -0.517. The summed E-state index contributed by atoms with van der Waals surface area (Å²) in [4.78, 5) is 29.3. The maximum atomic E-state index is 12.2. The molecule has 0 aliphatic carbocycles. The number of aryl methyl sites for hydroxylation is 1. The summed E-state index contributed by atoms with van der Waals surface area (Å²) < 4.78 is 4.91. The Bertz CT molecular complexity index is 706. The molecule has 96 valence electrons. The summed E-state index contributed by atoms with van der Waals surface area (Å²) in [7, 11) is 0. The number of nitrogens with zero attached hydrogens (tertiary/aromatic N) is 2. The van der Waals surface area contributed by atoms with E-state index in [0.717, 1.165) is 16.8 Å². The number of rotatable bonds is 1. The van der Waals surface area contributed by atoms with E-state index in [1.54, 1.807) is 11.1 Å². The van der Waals surface area contributed by atoms with Crippen LogP contribution in [0.5, 0.6) is 0 Å². The lowest BCUT2D eigenvalue weighted by molar-refractivity contribution is 0.0713. The van der Waals surface area contributed by atoms with E-state index in [4.69, 9.17) is 4.42 Å². The lowest BCUT2D eigenvalue weighted by atomic mass is 10.2. The van der Waals surface area contributed by atoms with Crippen molar-refractivity contribution < 1.29 is 9.21 Å². The van der Waals surface area contributed by atoms with E-state index < -0.39 is 5.63 Å². The van der Waals surface area contributed by atoms with Crippen LogP contribution in [-0.2, 0) is 13.1 Å². The molecule has 1 aliphatic rings. The van der Waals surface area contributed by atoms with Crippen LogP contribution in [0.3, 0.4) is 0 Å². The maximum absolute atomic E-state index is 12.2. The molecule has 0 unspecified atom stereocenters. The zero-order valence-corrected chi connectivity index (χ0v) is 10.4. The van der Waals surface area contributed by atoms with E-state index in [1.807, 2.05) is 13.0 Å². The molecule has 0 aromatic carbocycles. The summed E-state index contributed by atoms with van der Waals surface area (Å²) in [5.74, 6) is -0.217. The average Bonchev–Trinajstić information content (AvgIpc) is 2.80. The first-order chi connectivity index (χ1) is 9.13. The van der Waals surface area contributed by atoms with Gasteiger partial charge in [-0.1, -0.05) is 12.1 Å². The van der Waals surface area contributed by atoms with Crippen molar-refractivity contribution in [2.75, 3.05) is 0 Å². The molecule has 5 heteroatoms. The predicted molar refractivity (Wildman–Crippen MR) is 67.5 cm³/mol. The van der Waals surface area contributed by atoms with Gasteiger partial charge in [-0.3, -0.25) is 9.78 Å². The number of amides is 1. The Morgan fingerprint density at radius 2 is 2.21 bits per heavy atom. The summed E-state index contributed by atoms with van der Waals surface area (Å²) in [6.07, 6.45) is 1.79. The van der Waals surface area contributed by atoms with Crippen molar-refractivity contribution in [3.8, 4) is 0 Å². The molecule has 3 heterocycles. The Labute approximate surface area is 109 Å². The lowest BCUT2D eigenvalue weighted by Gasteiger charge is -2.13. The van der Waals surface area contributed by atoms with Gasteiger partial charge in [0, 0.05) is 18.8 Å². The highest BCUT2D eigenvalue weighted by molar-refractivity contribution is 5.91. The van der Waals surface area contributed by atoms with Crippen molar-refractivity contribution in [2.45, 2.75) is 20.0 Å². The van der Waals surface area contributed by atoms with Gasteiger partial charge >= 0.3 is 5.63 Å². The quantitative estimate of drug-likeness (QED) is 0.775. The molecule has 0 radical (unpaired) electrons. The van der Waals surface area contributed by atoms with Gasteiger partial charge in [0.05, 0.1) is 12.2 Å². The highest BCUT2D eigenvalue weighted by Crippen LogP contribution is 2.22. The fourth-order valence-corrected chi connectivity index (χ4v) is 2.18. The summed E-state index contributed by atoms with van der Waals surface area (Å²) >= 11 is 0. The number of carbonyl (C=O) groups is 1. The molecule has 0 saturated carbocycles. The molecule has 2 aromatic heterocycles. The molecule has 19 heavy (non-hydrogen) atoms. The van der Waals surface area contributed by atoms with Gasteiger partial charge in [-0.2, -0.15) is 0 Å². The Balaban J connectivity index is 1.87. The zero-order valence-electron chi connectivity index (χ0n) is 10.4. The first-order valence-corrected chi connectivity index (χ1v) is 5.97. The number of hydrogen-bond donors (Lipinski definition) is 0. The second-order valence-corrected chi connectivity index (χ2v) is 4.59. The molecule has 3 rings (SSSR count). The van der Waals surface area contributed by atoms with Crippen LogP contribution in [0.4, 0.5) is 0 Å². The predicted octanol–water partition coefficient (Wildman–Crippen LogP) is 1.50. The van der Waals surface area contributed by atoms with Crippen molar-refractivity contribution in [3.05, 3.63) is 63.5 Å².